The maximum Gasteiger partial charge on any atom is 0.573 e. The zero-order valence-corrected chi connectivity index (χ0v) is 10.1. The number of benzene rings is 1. The van der Waals surface area contributed by atoms with Gasteiger partial charge in [0.25, 0.3) is 0 Å². The summed E-state index contributed by atoms with van der Waals surface area (Å²) in [6, 6.07) is 7.39. The maximum atomic E-state index is 12.0. The first-order valence-corrected chi connectivity index (χ1v) is 5.58. The molecule has 0 saturated carbocycles. The van der Waals surface area contributed by atoms with Crippen molar-refractivity contribution >= 4 is 5.69 Å². The van der Waals surface area contributed by atoms with Crippen molar-refractivity contribution in [1.82, 2.24) is 0 Å². The van der Waals surface area contributed by atoms with Crippen molar-refractivity contribution in [1.29, 1.82) is 0 Å². The minimum Gasteiger partial charge on any atom is -0.472 e. The second-order valence-electron chi connectivity index (χ2n) is 3.99. The van der Waals surface area contributed by atoms with E-state index in [1.165, 1.54) is 24.3 Å². The van der Waals surface area contributed by atoms with Gasteiger partial charge in [-0.05, 0) is 37.3 Å². The molecule has 0 spiro atoms. The summed E-state index contributed by atoms with van der Waals surface area (Å²) in [5, 5.41) is 3.14. The molecular weight excluding hydrogens is 259 g/mol. The van der Waals surface area contributed by atoms with Gasteiger partial charge in [0.1, 0.15) is 5.75 Å². The number of halogens is 3. The summed E-state index contributed by atoms with van der Waals surface area (Å²) in [5.41, 5.74) is 1.65. The number of alkyl halides is 3. The van der Waals surface area contributed by atoms with Gasteiger partial charge in [0.05, 0.1) is 18.6 Å². The van der Waals surface area contributed by atoms with Crippen molar-refractivity contribution in [2.24, 2.45) is 0 Å². The molecule has 1 aromatic heterocycles. The Labute approximate surface area is 108 Å². The van der Waals surface area contributed by atoms with Gasteiger partial charge < -0.3 is 14.5 Å². The van der Waals surface area contributed by atoms with Crippen LogP contribution in [-0.2, 0) is 0 Å². The van der Waals surface area contributed by atoms with Crippen LogP contribution >= 0.6 is 0 Å². The van der Waals surface area contributed by atoms with Gasteiger partial charge in [0, 0.05) is 11.3 Å². The largest absolute Gasteiger partial charge is 0.573 e. The van der Waals surface area contributed by atoms with E-state index < -0.39 is 6.36 Å². The van der Waals surface area contributed by atoms with Crippen molar-refractivity contribution < 1.29 is 22.3 Å². The predicted molar refractivity (Wildman–Crippen MR) is 63.9 cm³/mol. The van der Waals surface area contributed by atoms with Crippen LogP contribution in [0.1, 0.15) is 18.5 Å². The average Bonchev–Trinajstić information content (AvgIpc) is 2.83. The van der Waals surface area contributed by atoms with E-state index in [1.807, 2.05) is 13.0 Å². The standard InChI is InChI=1S/C13H12F3NO2/c1-9(10-6-7-18-8-10)17-11-2-4-12(5-3-11)19-13(14,15)16/h2-9,17H,1H3. The number of anilines is 1. The third-order valence-electron chi connectivity index (χ3n) is 2.51. The van der Waals surface area contributed by atoms with Crippen LogP contribution in [0.4, 0.5) is 18.9 Å². The van der Waals surface area contributed by atoms with Gasteiger partial charge >= 0.3 is 6.36 Å². The Hall–Kier alpha value is -2.11. The van der Waals surface area contributed by atoms with Gasteiger partial charge in [-0.1, -0.05) is 0 Å². The van der Waals surface area contributed by atoms with Gasteiger partial charge in [-0.15, -0.1) is 13.2 Å². The molecule has 2 rings (SSSR count). The highest BCUT2D eigenvalue weighted by atomic mass is 19.4. The Kier molecular flexibility index (Phi) is 3.69. The van der Waals surface area contributed by atoms with Crippen LogP contribution in [0.25, 0.3) is 0 Å². The van der Waals surface area contributed by atoms with Crippen molar-refractivity contribution in [2.45, 2.75) is 19.3 Å². The fourth-order valence-electron chi connectivity index (χ4n) is 1.61. The van der Waals surface area contributed by atoms with E-state index >= 15 is 0 Å². The molecule has 1 unspecified atom stereocenters. The smallest absolute Gasteiger partial charge is 0.472 e. The molecule has 1 heterocycles. The van der Waals surface area contributed by atoms with Crippen LogP contribution in [0.2, 0.25) is 0 Å². The molecule has 0 saturated heterocycles. The summed E-state index contributed by atoms with van der Waals surface area (Å²) in [6.45, 7) is 1.92. The lowest BCUT2D eigenvalue weighted by atomic mass is 10.1. The Morgan fingerprint density at radius 3 is 2.37 bits per heavy atom. The second kappa shape index (κ2) is 5.26. The van der Waals surface area contributed by atoms with Crippen LogP contribution in [0.3, 0.4) is 0 Å². The van der Waals surface area contributed by atoms with Gasteiger partial charge in [-0.2, -0.15) is 0 Å². The van der Waals surface area contributed by atoms with E-state index in [0.717, 1.165) is 5.56 Å². The van der Waals surface area contributed by atoms with E-state index in [0.29, 0.717) is 5.69 Å². The molecule has 19 heavy (non-hydrogen) atoms. The zero-order chi connectivity index (χ0) is 13.9. The number of hydrogen-bond donors (Lipinski definition) is 1. The molecule has 1 N–H and O–H groups in total. The lowest BCUT2D eigenvalue weighted by molar-refractivity contribution is -0.274. The first kappa shape index (κ1) is 13.3. The van der Waals surface area contributed by atoms with Crippen molar-refractivity contribution in [3.8, 4) is 5.75 Å². The lowest BCUT2D eigenvalue weighted by Gasteiger charge is -2.14. The third-order valence-corrected chi connectivity index (χ3v) is 2.51. The fourth-order valence-corrected chi connectivity index (χ4v) is 1.61. The molecule has 0 amide bonds. The van der Waals surface area contributed by atoms with Crippen LogP contribution in [-0.4, -0.2) is 6.36 Å². The lowest BCUT2D eigenvalue weighted by Crippen LogP contribution is -2.17. The molecule has 3 nitrogen and oxygen atoms in total. The molecule has 0 radical (unpaired) electrons. The monoisotopic (exact) mass is 271 g/mol. The molecular formula is C13H12F3NO2. The summed E-state index contributed by atoms with van der Waals surface area (Å²) in [4.78, 5) is 0. The average molecular weight is 271 g/mol. The van der Waals surface area contributed by atoms with Gasteiger partial charge in [0.2, 0.25) is 0 Å². The maximum absolute atomic E-state index is 12.0. The molecule has 102 valence electrons. The van der Waals surface area contributed by atoms with Crippen molar-refractivity contribution in [3.63, 3.8) is 0 Å². The van der Waals surface area contributed by atoms with E-state index in [9.17, 15) is 13.2 Å². The minimum atomic E-state index is -4.67. The summed E-state index contributed by atoms with van der Waals surface area (Å²) in [5.74, 6) is -0.242. The highest BCUT2D eigenvalue weighted by molar-refractivity contribution is 5.47. The molecule has 1 aromatic carbocycles. The number of nitrogens with one attached hydrogen (secondary N) is 1. The molecule has 0 bridgehead atoms. The molecule has 0 aliphatic rings. The van der Waals surface area contributed by atoms with E-state index in [2.05, 4.69) is 10.1 Å². The number of furan rings is 1. The number of ether oxygens (including phenoxy) is 1. The minimum absolute atomic E-state index is 0.00636. The van der Waals surface area contributed by atoms with E-state index in [1.54, 1.807) is 12.5 Å². The molecule has 0 fully saturated rings. The summed E-state index contributed by atoms with van der Waals surface area (Å²) < 4.78 is 44.7. The highest BCUT2D eigenvalue weighted by Gasteiger charge is 2.30. The second-order valence-corrected chi connectivity index (χ2v) is 3.99. The predicted octanol–water partition coefficient (Wildman–Crippen LogP) is 4.35. The number of hydrogen-bond acceptors (Lipinski definition) is 3. The Morgan fingerprint density at radius 1 is 1.16 bits per heavy atom. The Morgan fingerprint density at radius 2 is 1.84 bits per heavy atom. The van der Waals surface area contributed by atoms with Crippen molar-refractivity contribution in [3.05, 3.63) is 48.4 Å². The zero-order valence-electron chi connectivity index (χ0n) is 10.1. The first-order valence-electron chi connectivity index (χ1n) is 5.58. The van der Waals surface area contributed by atoms with Gasteiger partial charge in [-0.3, -0.25) is 0 Å². The van der Waals surface area contributed by atoms with E-state index in [4.69, 9.17) is 4.42 Å². The molecule has 1 atom stereocenters. The van der Waals surface area contributed by atoms with Gasteiger partial charge in [-0.25, -0.2) is 0 Å². The van der Waals surface area contributed by atoms with Crippen molar-refractivity contribution in [2.75, 3.05) is 5.32 Å². The molecule has 0 aliphatic carbocycles. The number of rotatable bonds is 4. The summed E-state index contributed by atoms with van der Waals surface area (Å²) in [6.07, 6.45) is -1.49. The fraction of sp³-hybridized carbons (Fsp3) is 0.231. The van der Waals surface area contributed by atoms with Crippen LogP contribution in [0, 0.1) is 0 Å². The highest BCUT2D eigenvalue weighted by Crippen LogP contribution is 2.25. The molecule has 2 aromatic rings. The van der Waals surface area contributed by atoms with E-state index in [-0.39, 0.29) is 11.8 Å². The topological polar surface area (TPSA) is 34.4 Å². The summed E-state index contributed by atoms with van der Waals surface area (Å²) in [7, 11) is 0. The van der Waals surface area contributed by atoms with Crippen LogP contribution in [0.5, 0.6) is 5.75 Å². The van der Waals surface area contributed by atoms with Gasteiger partial charge in [0.15, 0.2) is 0 Å². The SMILES string of the molecule is CC(Nc1ccc(OC(F)(F)F)cc1)c1ccoc1. The van der Waals surface area contributed by atoms with Crippen LogP contribution in [0.15, 0.2) is 47.3 Å². The quantitative estimate of drug-likeness (QED) is 0.897. The summed E-state index contributed by atoms with van der Waals surface area (Å²) >= 11 is 0. The van der Waals surface area contributed by atoms with Crippen LogP contribution < -0.4 is 10.1 Å². The first-order chi connectivity index (χ1) is 8.94. The normalized spacial score (nSPS) is 13.1. The Bertz CT molecular complexity index is 506. The third kappa shape index (κ3) is 3.94. The molecule has 6 heteroatoms. The Balaban J connectivity index is 1.99. The molecule has 0 aliphatic heterocycles.